The highest BCUT2D eigenvalue weighted by Gasteiger charge is 2.64. The van der Waals surface area contributed by atoms with Crippen molar-refractivity contribution in [3.63, 3.8) is 0 Å². The molecule has 0 unspecified atom stereocenters. The zero-order valence-electron chi connectivity index (χ0n) is 22.1. The standard InChI is InChI=1S/C23H13B10N7O/c1-39-10-34-9-15(39)13-4-12-5-16(37-8-14(12)36-7-13)38-18(41)11-2-3-35-17(6-11)40-22(30,31)20(26,27)19(24,25)21(28,29)23(40,32)33/h2-10H,1H3,(H,37,38,41). The fourth-order valence-electron chi connectivity index (χ4n) is 4.81. The molecule has 1 fully saturated rings. The minimum absolute atomic E-state index is 0.0851. The van der Waals surface area contributed by atoms with Crippen LogP contribution >= 0.6 is 0 Å². The highest BCUT2D eigenvalue weighted by Crippen LogP contribution is 2.69. The summed E-state index contributed by atoms with van der Waals surface area (Å²) in [7, 11) is 64.2. The Morgan fingerprint density at radius 2 is 1.46 bits per heavy atom. The second kappa shape index (κ2) is 9.43. The number of hydrogen-bond acceptors (Lipinski definition) is 6. The molecule has 4 aromatic heterocycles. The third kappa shape index (κ3) is 4.23. The molecule has 1 aliphatic heterocycles. The van der Waals surface area contributed by atoms with Crippen LogP contribution in [0.15, 0.2) is 55.4 Å². The summed E-state index contributed by atoms with van der Waals surface area (Å²) in [5, 5.41) is -8.36. The summed E-state index contributed by atoms with van der Waals surface area (Å²) in [4.78, 5) is 31.2. The zero-order valence-corrected chi connectivity index (χ0v) is 22.1. The number of carbonyl (C=O) groups is 1. The van der Waals surface area contributed by atoms with Gasteiger partial charge in [-0.15, -0.1) is 15.6 Å². The SMILES string of the molecule is [B]C1([B])N(c2cc(C(=O)Nc3cc4cc(-c5cncn5C)cnc4cn3)ccn2)C([B])([B])C([B])([B])C([B])([B])C1([B])[B]. The van der Waals surface area contributed by atoms with Crippen LogP contribution in [0.2, 0.25) is 15.6 Å². The molecular formula is C23H13B10N7O. The Morgan fingerprint density at radius 3 is 2.07 bits per heavy atom. The summed E-state index contributed by atoms with van der Waals surface area (Å²) in [6, 6.07) is 6.29. The van der Waals surface area contributed by atoms with Crippen LogP contribution in [-0.4, -0.2) is 120 Å². The van der Waals surface area contributed by atoms with Crippen LogP contribution in [-0.2, 0) is 7.05 Å². The minimum atomic E-state index is -2.37. The molecule has 0 spiro atoms. The van der Waals surface area contributed by atoms with Gasteiger partial charge in [-0.05, 0) is 34.9 Å². The smallest absolute Gasteiger partial charge is 0.257 e. The molecule has 0 atom stereocenters. The molecule has 18 heteroatoms. The molecule has 8 nitrogen and oxygen atoms in total. The van der Waals surface area contributed by atoms with E-state index in [0.29, 0.717) is 5.52 Å². The molecule has 41 heavy (non-hydrogen) atoms. The number of piperidine rings is 1. The van der Waals surface area contributed by atoms with E-state index in [4.69, 9.17) is 78.5 Å². The van der Waals surface area contributed by atoms with Gasteiger partial charge in [0.05, 0.1) is 108 Å². The number of nitrogens with one attached hydrogen (secondary N) is 1. The maximum absolute atomic E-state index is 13.3. The van der Waals surface area contributed by atoms with Gasteiger partial charge in [0.25, 0.3) is 5.91 Å². The van der Waals surface area contributed by atoms with Crippen molar-refractivity contribution in [1.29, 1.82) is 0 Å². The van der Waals surface area contributed by atoms with Crippen LogP contribution in [0.4, 0.5) is 11.6 Å². The van der Waals surface area contributed by atoms with Gasteiger partial charge in [0.15, 0.2) is 0 Å². The fourth-order valence-corrected chi connectivity index (χ4v) is 4.81. The van der Waals surface area contributed by atoms with E-state index in [1.165, 1.54) is 24.5 Å². The number of rotatable bonds is 4. The van der Waals surface area contributed by atoms with E-state index in [1.807, 2.05) is 17.7 Å². The number of aryl methyl sites for hydroxylation is 1. The summed E-state index contributed by atoms with van der Waals surface area (Å²) in [6.07, 6.45) is 7.95. The highest BCUT2D eigenvalue weighted by atomic mass is 16.1. The molecule has 5 rings (SSSR count). The number of nitrogens with zero attached hydrogens (tertiary/aromatic N) is 6. The first kappa shape index (κ1) is 29.3. The van der Waals surface area contributed by atoms with E-state index in [-0.39, 0.29) is 17.2 Å². The number of imidazole rings is 1. The second-order valence-electron chi connectivity index (χ2n) is 10.3. The van der Waals surface area contributed by atoms with E-state index in [2.05, 4.69) is 25.3 Å². The van der Waals surface area contributed by atoms with Crippen molar-refractivity contribution in [3.05, 3.63) is 60.9 Å². The van der Waals surface area contributed by atoms with Crippen molar-refractivity contribution in [2.24, 2.45) is 7.05 Å². The topological polar surface area (TPSA) is 88.8 Å². The maximum Gasteiger partial charge on any atom is 0.257 e. The van der Waals surface area contributed by atoms with E-state index in [0.717, 1.165) is 21.5 Å². The summed E-state index contributed by atoms with van der Waals surface area (Å²) < 4.78 is 1.87. The van der Waals surface area contributed by atoms with Crippen molar-refractivity contribution in [1.82, 2.24) is 24.5 Å². The van der Waals surface area contributed by atoms with Gasteiger partial charge in [-0.25, -0.2) is 15.0 Å². The molecule has 20 radical (unpaired) electrons. The van der Waals surface area contributed by atoms with Gasteiger partial charge in [-0.2, -0.15) is 0 Å². The van der Waals surface area contributed by atoms with Crippen LogP contribution < -0.4 is 10.2 Å². The van der Waals surface area contributed by atoms with Gasteiger partial charge in [-0.3, -0.25) is 9.78 Å². The molecule has 0 aliphatic carbocycles. The summed E-state index contributed by atoms with van der Waals surface area (Å²) in [5.41, 5.74) is 2.42. The molecule has 0 aromatic carbocycles. The lowest BCUT2D eigenvalue weighted by Gasteiger charge is -2.79. The first-order valence-corrected chi connectivity index (χ1v) is 12.1. The number of fused-ring (bicyclic) bond motifs is 1. The molecule has 1 aliphatic rings. The molecule has 176 valence electrons. The molecule has 0 bridgehead atoms. The van der Waals surface area contributed by atoms with E-state index in [9.17, 15) is 4.79 Å². The van der Waals surface area contributed by atoms with Crippen molar-refractivity contribution in [2.75, 3.05) is 10.2 Å². The zero-order chi connectivity index (χ0) is 30.2. The van der Waals surface area contributed by atoms with Crippen LogP contribution in [0.1, 0.15) is 10.4 Å². The summed E-state index contributed by atoms with van der Waals surface area (Å²) >= 11 is 0. The Kier molecular flexibility index (Phi) is 6.75. The van der Waals surface area contributed by atoms with E-state index in [1.54, 1.807) is 24.8 Å². The predicted molar refractivity (Wildman–Crippen MR) is 167 cm³/mol. The Morgan fingerprint density at radius 1 is 0.805 bits per heavy atom. The molecule has 4 aromatic rings. The van der Waals surface area contributed by atoms with Gasteiger partial charge in [0.2, 0.25) is 0 Å². The number of hydrogen-bond donors (Lipinski definition) is 1. The average molecular weight is 512 g/mol. The number of carbonyl (C=O) groups excluding carboxylic acids is 1. The lowest BCUT2D eigenvalue weighted by Crippen LogP contribution is -2.81. The summed E-state index contributed by atoms with van der Waals surface area (Å²) in [6.45, 7) is 0. The van der Waals surface area contributed by atoms with Crippen LogP contribution in [0, 0.1) is 0 Å². The second-order valence-corrected chi connectivity index (χ2v) is 10.3. The molecule has 1 amide bonds. The number of pyridine rings is 3. The third-order valence-electron chi connectivity index (χ3n) is 7.59. The number of anilines is 2. The first-order chi connectivity index (χ1) is 18.9. The average Bonchev–Trinajstić information content (AvgIpc) is 3.33. The monoisotopic (exact) mass is 513 g/mol. The Hall–Kier alpha value is -3.16. The van der Waals surface area contributed by atoms with Gasteiger partial charge in [0.1, 0.15) is 11.6 Å². The van der Waals surface area contributed by atoms with Crippen LogP contribution in [0.25, 0.3) is 22.2 Å². The van der Waals surface area contributed by atoms with Gasteiger partial charge < -0.3 is 14.8 Å². The maximum atomic E-state index is 13.3. The predicted octanol–water partition coefficient (Wildman–Crippen LogP) is -1.16. The fraction of sp³-hybridized carbons (Fsp3) is 0.261. The van der Waals surface area contributed by atoms with Crippen molar-refractivity contribution in [2.45, 2.75) is 26.3 Å². The van der Waals surface area contributed by atoms with E-state index < -0.39 is 32.2 Å². The lowest BCUT2D eigenvalue weighted by atomic mass is 9.05. The van der Waals surface area contributed by atoms with Crippen LogP contribution in [0.3, 0.4) is 0 Å². The molecule has 1 N–H and O–H groups in total. The van der Waals surface area contributed by atoms with Gasteiger partial charge in [-0.1, -0.05) is 0 Å². The number of aromatic nitrogens is 5. The van der Waals surface area contributed by atoms with Crippen LogP contribution in [0.5, 0.6) is 0 Å². The Balaban J connectivity index is 1.48. The lowest BCUT2D eigenvalue weighted by molar-refractivity contribution is 0.102. The first-order valence-electron chi connectivity index (χ1n) is 12.1. The number of amides is 1. The molecular weight excluding hydrogens is 498 g/mol. The minimum Gasteiger partial charge on any atom is -0.382 e. The quantitative estimate of drug-likeness (QED) is 0.348. The highest BCUT2D eigenvalue weighted by molar-refractivity contribution is 6.71. The normalized spacial score (nSPS) is 19.9. The molecule has 5 heterocycles. The summed E-state index contributed by atoms with van der Waals surface area (Å²) in [5.74, 6) is -0.457. The molecule has 1 saturated heterocycles. The van der Waals surface area contributed by atoms with E-state index >= 15 is 0 Å². The van der Waals surface area contributed by atoms with Gasteiger partial charge in [0, 0.05) is 36.0 Å². The molecule has 0 saturated carbocycles. The van der Waals surface area contributed by atoms with Crippen molar-refractivity contribution >= 4 is 107 Å². The Labute approximate surface area is 251 Å². The van der Waals surface area contributed by atoms with Gasteiger partial charge >= 0.3 is 0 Å². The van der Waals surface area contributed by atoms with Crippen molar-refractivity contribution < 1.29 is 4.79 Å². The Bertz CT molecular complexity index is 1640. The van der Waals surface area contributed by atoms with Crippen molar-refractivity contribution in [3.8, 4) is 11.3 Å². The largest absolute Gasteiger partial charge is 0.382 e. The third-order valence-corrected chi connectivity index (χ3v) is 7.59.